The van der Waals surface area contributed by atoms with E-state index in [1.165, 1.54) is 0 Å². The molecule has 4 nitrogen and oxygen atoms in total. The Morgan fingerprint density at radius 1 is 1.23 bits per heavy atom. The molecule has 0 unspecified atom stereocenters. The second-order valence-electron chi connectivity index (χ2n) is 4.68. The third-order valence-electron chi connectivity index (χ3n) is 2.53. The summed E-state index contributed by atoms with van der Waals surface area (Å²) >= 11 is 2.11. The molecule has 1 N–H and O–H groups in total. The van der Waals surface area contributed by atoms with Crippen molar-refractivity contribution in [1.82, 2.24) is 9.97 Å². The number of hydrogen-bond donors (Lipinski definition) is 1. The lowest BCUT2D eigenvalue weighted by Crippen LogP contribution is -2.15. The van der Waals surface area contributed by atoms with E-state index in [0.29, 0.717) is 5.69 Å². The Bertz CT molecular complexity index is 662. The van der Waals surface area contributed by atoms with Gasteiger partial charge in [0.25, 0.3) is 0 Å². The van der Waals surface area contributed by atoms with Gasteiger partial charge < -0.3 is 10.1 Å². The fourth-order valence-electron chi connectivity index (χ4n) is 1.62. The highest BCUT2D eigenvalue weighted by atomic mass is 127. The topological polar surface area (TPSA) is 47.0 Å². The summed E-state index contributed by atoms with van der Waals surface area (Å²) in [6.45, 7) is 3.27. The maximum Gasteiger partial charge on any atom is 0.423 e. The average molecular weight is 423 g/mol. The molecule has 0 bridgehead atoms. The van der Waals surface area contributed by atoms with Crippen LogP contribution in [-0.4, -0.2) is 16.1 Å². The zero-order valence-corrected chi connectivity index (χ0v) is 13.9. The SMILES string of the molecule is CC(C)Oc1nc(Nc2ccccc2I)ncc1C(F)(F)F. The fraction of sp³-hybridized carbons (Fsp3) is 0.286. The summed E-state index contributed by atoms with van der Waals surface area (Å²) in [6.07, 6.45) is -4.27. The van der Waals surface area contributed by atoms with Gasteiger partial charge in [-0.3, -0.25) is 0 Å². The second kappa shape index (κ2) is 6.67. The predicted molar refractivity (Wildman–Crippen MR) is 85.2 cm³/mol. The summed E-state index contributed by atoms with van der Waals surface area (Å²) in [5.41, 5.74) is -0.284. The van der Waals surface area contributed by atoms with Gasteiger partial charge in [-0.25, -0.2) is 4.98 Å². The van der Waals surface area contributed by atoms with Crippen LogP contribution in [-0.2, 0) is 6.18 Å². The average Bonchev–Trinajstić information content (AvgIpc) is 2.39. The van der Waals surface area contributed by atoms with Gasteiger partial charge in [0, 0.05) is 9.77 Å². The third kappa shape index (κ3) is 4.21. The number of ether oxygens (including phenoxy) is 1. The van der Waals surface area contributed by atoms with E-state index in [0.717, 1.165) is 9.77 Å². The smallest absolute Gasteiger partial charge is 0.423 e. The molecular weight excluding hydrogens is 410 g/mol. The highest BCUT2D eigenvalue weighted by Gasteiger charge is 2.36. The number of para-hydroxylation sites is 1. The predicted octanol–water partition coefficient (Wildman–Crippen LogP) is 4.63. The number of anilines is 2. The van der Waals surface area contributed by atoms with Crippen LogP contribution in [0.1, 0.15) is 19.4 Å². The van der Waals surface area contributed by atoms with Gasteiger partial charge in [0.15, 0.2) is 0 Å². The quantitative estimate of drug-likeness (QED) is 0.729. The third-order valence-corrected chi connectivity index (χ3v) is 3.47. The van der Waals surface area contributed by atoms with Crippen molar-refractivity contribution in [2.24, 2.45) is 0 Å². The number of rotatable bonds is 4. The molecule has 0 aliphatic heterocycles. The first-order chi connectivity index (χ1) is 10.3. The van der Waals surface area contributed by atoms with E-state index in [-0.39, 0.29) is 5.95 Å². The largest absolute Gasteiger partial charge is 0.474 e. The molecule has 0 saturated heterocycles. The van der Waals surface area contributed by atoms with Crippen molar-refractivity contribution >= 4 is 34.2 Å². The van der Waals surface area contributed by atoms with Gasteiger partial charge in [0.2, 0.25) is 11.8 Å². The van der Waals surface area contributed by atoms with Crippen molar-refractivity contribution in [2.45, 2.75) is 26.1 Å². The molecule has 1 aromatic carbocycles. The molecule has 0 aliphatic rings. The van der Waals surface area contributed by atoms with Crippen molar-refractivity contribution in [2.75, 3.05) is 5.32 Å². The first kappa shape index (κ1) is 16.8. The first-order valence-corrected chi connectivity index (χ1v) is 7.47. The number of halogens is 4. The molecule has 1 aromatic heterocycles. The van der Waals surface area contributed by atoms with E-state index in [9.17, 15) is 13.2 Å². The van der Waals surface area contributed by atoms with E-state index in [1.807, 2.05) is 12.1 Å². The highest BCUT2D eigenvalue weighted by molar-refractivity contribution is 14.1. The minimum atomic E-state index is -4.57. The lowest BCUT2D eigenvalue weighted by molar-refractivity contribution is -0.139. The Hall–Kier alpha value is -1.58. The molecule has 0 spiro atoms. The zero-order valence-electron chi connectivity index (χ0n) is 11.8. The van der Waals surface area contributed by atoms with Gasteiger partial charge in [0.05, 0.1) is 11.8 Å². The number of hydrogen-bond acceptors (Lipinski definition) is 4. The standard InChI is InChI=1S/C14H13F3IN3O/c1-8(2)22-12-9(14(15,16)17)7-19-13(21-12)20-11-6-4-3-5-10(11)18/h3-8H,1-2H3,(H,19,20,21). The lowest BCUT2D eigenvalue weighted by atomic mass is 10.3. The van der Waals surface area contributed by atoms with Crippen LogP contribution in [0.2, 0.25) is 0 Å². The molecule has 8 heteroatoms. The van der Waals surface area contributed by atoms with Crippen LogP contribution >= 0.6 is 22.6 Å². The number of benzene rings is 1. The maximum atomic E-state index is 12.9. The van der Waals surface area contributed by atoms with Crippen molar-refractivity contribution < 1.29 is 17.9 Å². The van der Waals surface area contributed by atoms with Gasteiger partial charge in [0.1, 0.15) is 5.56 Å². The van der Waals surface area contributed by atoms with Gasteiger partial charge in [-0.2, -0.15) is 18.2 Å². The molecule has 0 amide bonds. The molecule has 2 rings (SSSR count). The van der Waals surface area contributed by atoms with Crippen LogP contribution in [0.25, 0.3) is 0 Å². The molecule has 0 aliphatic carbocycles. The Morgan fingerprint density at radius 3 is 2.50 bits per heavy atom. The van der Waals surface area contributed by atoms with E-state index in [1.54, 1.807) is 26.0 Å². The second-order valence-corrected chi connectivity index (χ2v) is 5.84. The first-order valence-electron chi connectivity index (χ1n) is 6.40. The summed E-state index contributed by atoms with van der Waals surface area (Å²) in [5.74, 6) is -0.432. The molecule has 0 saturated carbocycles. The molecule has 0 atom stereocenters. The molecule has 2 aromatic rings. The van der Waals surface area contributed by atoms with Gasteiger partial charge in [-0.05, 0) is 48.6 Å². The van der Waals surface area contributed by atoms with Crippen LogP contribution in [0.15, 0.2) is 30.5 Å². The minimum absolute atomic E-state index is 0.0489. The Morgan fingerprint density at radius 2 is 1.91 bits per heavy atom. The van der Waals surface area contributed by atoms with Crippen LogP contribution in [0.5, 0.6) is 5.88 Å². The van der Waals surface area contributed by atoms with E-state index in [2.05, 4.69) is 37.9 Å². The maximum absolute atomic E-state index is 12.9. The highest BCUT2D eigenvalue weighted by Crippen LogP contribution is 2.35. The van der Waals surface area contributed by atoms with Crippen molar-refractivity contribution in [3.63, 3.8) is 0 Å². The summed E-state index contributed by atoms with van der Waals surface area (Å²) < 4.78 is 44.9. The number of aromatic nitrogens is 2. The summed E-state index contributed by atoms with van der Waals surface area (Å²) in [5, 5.41) is 2.89. The Kier molecular flexibility index (Phi) is 5.09. The number of alkyl halides is 3. The molecule has 0 fully saturated rings. The van der Waals surface area contributed by atoms with Crippen LogP contribution in [0.4, 0.5) is 24.8 Å². The monoisotopic (exact) mass is 423 g/mol. The van der Waals surface area contributed by atoms with Gasteiger partial charge in [-0.1, -0.05) is 12.1 Å². The van der Waals surface area contributed by atoms with Crippen molar-refractivity contribution in [3.05, 3.63) is 39.6 Å². The van der Waals surface area contributed by atoms with Gasteiger partial charge >= 0.3 is 6.18 Å². The summed E-state index contributed by atoms with van der Waals surface area (Å²) in [4.78, 5) is 7.57. The molecular formula is C14H13F3IN3O. The minimum Gasteiger partial charge on any atom is -0.474 e. The fourth-order valence-corrected chi connectivity index (χ4v) is 2.14. The van der Waals surface area contributed by atoms with E-state index in [4.69, 9.17) is 4.74 Å². The lowest BCUT2D eigenvalue weighted by Gasteiger charge is -2.16. The molecule has 118 valence electrons. The molecule has 22 heavy (non-hydrogen) atoms. The summed E-state index contributed by atoms with van der Waals surface area (Å²) in [7, 11) is 0. The van der Waals surface area contributed by atoms with E-state index < -0.39 is 23.7 Å². The number of nitrogens with zero attached hydrogens (tertiary/aromatic N) is 2. The van der Waals surface area contributed by atoms with Crippen LogP contribution < -0.4 is 10.1 Å². The Labute approximate surface area is 139 Å². The number of nitrogens with one attached hydrogen (secondary N) is 1. The van der Waals surface area contributed by atoms with Crippen molar-refractivity contribution in [1.29, 1.82) is 0 Å². The summed E-state index contributed by atoms with van der Waals surface area (Å²) in [6, 6.07) is 7.30. The molecule has 0 radical (unpaired) electrons. The van der Waals surface area contributed by atoms with Crippen LogP contribution in [0, 0.1) is 3.57 Å². The normalized spacial score (nSPS) is 11.6. The Balaban J connectivity index is 2.36. The zero-order chi connectivity index (χ0) is 16.3. The van der Waals surface area contributed by atoms with Gasteiger partial charge in [-0.15, -0.1) is 0 Å². The van der Waals surface area contributed by atoms with Crippen molar-refractivity contribution in [3.8, 4) is 5.88 Å². The molecule has 1 heterocycles. The van der Waals surface area contributed by atoms with E-state index >= 15 is 0 Å². The van der Waals surface area contributed by atoms with Crippen LogP contribution in [0.3, 0.4) is 0 Å².